The number of nitrogens with one attached hydrogen (secondary N) is 1. The number of rotatable bonds is 3. The summed E-state index contributed by atoms with van der Waals surface area (Å²) in [6.45, 7) is 4.72. The normalized spacial score (nSPS) is 18.2. The summed E-state index contributed by atoms with van der Waals surface area (Å²) in [6, 6.07) is 1.60. The average Bonchev–Trinajstić information content (AvgIpc) is 2.56. The fraction of sp³-hybridized carbons (Fsp3) is 0.545. The van der Waals surface area contributed by atoms with Crippen LogP contribution in [0.4, 0.5) is 0 Å². The quantitative estimate of drug-likeness (QED) is 0.794. The van der Waals surface area contributed by atoms with Crippen molar-refractivity contribution in [3.8, 4) is 0 Å². The van der Waals surface area contributed by atoms with Crippen LogP contribution in [0, 0.1) is 0 Å². The lowest BCUT2D eigenvalue weighted by atomic mass is 10.3. The van der Waals surface area contributed by atoms with Crippen molar-refractivity contribution < 1.29 is 14.3 Å². The molecule has 0 aliphatic carbocycles. The van der Waals surface area contributed by atoms with E-state index in [0.717, 1.165) is 38.4 Å². The maximum absolute atomic E-state index is 10.7. The Morgan fingerprint density at radius 1 is 1.50 bits per heavy atom. The van der Waals surface area contributed by atoms with Crippen LogP contribution < -0.4 is 5.32 Å². The van der Waals surface area contributed by atoms with Crippen LogP contribution in [0.15, 0.2) is 16.7 Å². The SMILES string of the molecule is O=C(O)c1coc(CN2CCCNCC2)c1. The molecule has 1 aliphatic heterocycles. The minimum absolute atomic E-state index is 0.225. The lowest BCUT2D eigenvalue weighted by molar-refractivity contribution is 0.0696. The standard InChI is InChI=1S/C11H16N2O3/c14-11(15)9-6-10(16-8-9)7-13-4-1-2-12-3-5-13/h6,8,12H,1-5,7H2,(H,14,15). The Labute approximate surface area is 94.0 Å². The maximum atomic E-state index is 10.7. The highest BCUT2D eigenvalue weighted by Gasteiger charge is 2.13. The van der Waals surface area contributed by atoms with Crippen molar-refractivity contribution in [1.29, 1.82) is 0 Å². The first-order chi connectivity index (χ1) is 7.75. The van der Waals surface area contributed by atoms with Crippen LogP contribution in [-0.4, -0.2) is 42.2 Å². The van der Waals surface area contributed by atoms with Gasteiger partial charge in [-0.2, -0.15) is 0 Å². The van der Waals surface area contributed by atoms with Gasteiger partial charge in [-0.05, 0) is 25.6 Å². The summed E-state index contributed by atoms with van der Waals surface area (Å²) in [4.78, 5) is 12.9. The first-order valence-electron chi connectivity index (χ1n) is 5.49. The molecule has 5 heteroatoms. The van der Waals surface area contributed by atoms with Crippen molar-refractivity contribution in [3.63, 3.8) is 0 Å². The molecule has 0 atom stereocenters. The van der Waals surface area contributed by atoms with Crippen LogP contribution in [0.2, 0.25) is 0 Å². The van der Waals surface area contributed by atoms with Gasteiger partial charge in [0, 0.05) is 13.1 Å². The van der Waals surface area contributed by atoms with E-state index in [2.05, 4.69) is 10.2 Å². The Balaban J connectivity index is 1.94. The van der Waals surface area contributed by atoms with Gasteiger partial charge in [0.2, 0.25) is 0 Å². The van der Waals surface area contributed by atoms with E-state index in [1.807, 2.05) is 0 Å². The molecular weight excluding hydrogens is 208 g/mol. The molecule has 0 spiro atoms. The Hall–Kier alpha value is -1.33. The molecule has 0 aromatic carbocycles. The third-order valence-electron chi connectivity index (χ3n) is 2.71. The minimum atomic E-state index is -0.937. The van der Waals surface area contributed by atoms with Crippen LogP contribution in [0.25, 0.3) is 0 Å². The molecule has 16 heavy (non-hydrogen) atoms. The summed E-state index contributed by atoms with van der Waals surface area (Å²) in [5.74, 6) is -0.216. The van der Waals surface area contributed by atoms with Gasteiger partial charge in [0.05, 0.1) is 12.1 Å². The highest BCUT2D eigenvalue weighted by Crippen LogP contribution is 2.11. The molecule has 88 valence electrons. The summed E-state index contributed by atoms with van der Waals surface area (Å²) in [5, 5.41) is 12.1. The molecule has 0 saturated carbocycles. The van der Waals surface area contributed by atoms with Crippen LogP contribution >= 0.6 is 0 Å². The second-order valence-corrected chi connectivity index (χ2v) is 3.99. The molecule has 5 nitrogen and oxygen atoms in total. The first-order valence-corrected chi connectivity index (χ1v) is 5.49. The number of carboxylic acid groups (broad SMARTS) is 1. The van der Waals surface area contributed by atoms with Crippen molar-refractivity contribution >= 4 is 5.97 Å². The summed E-state index contributed by atoms with van der Waals surface area (Å²) in [7, 11) is 0. The topological polar surface area (TPSA) is 65.7 Å². The van der Waals surface area contributed by atoms with E-state index in [0.29, 0.717) is 6.54 Å². The van der Waals surface area contributed by atoms with E-state index in [1.165, 1.54) is 6.26 Å². The summed E-state index contributed by atoms with van der Waals surface area (Å²) in [5.41, 5.74) is 0.225. The molecule has 1 aromatic rings. The van der Waals surface area contributed by atoms with Gasteiger partial charge >= 0.3 is 5.97 Å². The number of furan rings is 1. The van der Waals surface area contributed by atoms with E-state index in [1.54, 1.807) is 6.07 Å². The first kappa shape index (κ1) is 11.2. The van der Waals surface area contributed by atoms with Gasteiger partial charge in [0.15, 0.2) is 0 Å². The zero-order chi connectivity index (χ0) is 11.4. The number of carbonyl (C=O) groups is 1. The predicted molar refractivity (Wildman–Crippen MR) is 58.4 cm³/mol. The summed E-state index contributed by atoms with van der Waals surface area (Å²) in [6.07, 6.45) is 2.42. The highest BCUT2D eigenvalue weighted by molar-refractivity contribution is 5.87. The largest absolute Gasteiger partial charge is 0.478 e. The van der Waals surface area contributed by atoms with Crippen LogP contribution in [-0.2, 0) is 6.54 Å². The Kier molecular flexibility index (Phi) is 3.58. The molecule has 1 fully saturated rings. The number of hydrogen-bond donors (Lipinski definition) is 2. The van der Waals surface area contributed by atoms with Gasteiger partial charge in [-0.25, -0.2) is 4.79 Å². The molecule has 1 aliphatic rings. The van der Waals surface area contributed by atoms with Crippen molar-refractivity contribution in [3.05, 3.63) is 23.7 Å². The lowest BCUT2D eigenvalue weighted by Gasteiger charge is -2.17. The zero-order valence-electron chi connectivity index (χ0n) is 9.11. The number of nitrogens with zero attached hydrogens (tertiary/aromatic N) is 1. The highest BCUT2D eigenvalue weighted by atomic mass is 16.4. The smallest absolute Gasteiger partial charge is 0.338 e. The van der Waals surface area contributed by atoms with Crippen molar-refractivity contribution in [1.82, 2.24) is 10.2 Å². The fourth-order valence-corrected chi connectivity index (χ4v) is 1.86. The second kappa shape index (κ2) is 5.14. The van der Waals surface area contributed by atoms with Gasteiger partial charge in [-0.15, -0.1) is 0 Å². The van der Waals surface area contributed by atoms with Crippen LogP contribution in [0.1, 0.15) is 22.5 Å². The Morgan fingerprint density at radius 2 is 2.38 bits per heavy atom. The molecule has 2 rings (SSSR count). The molecule has 0 amide bonds. The predicted octanol–water partition coefficient (Wildman–Crippen LogP) is 0.773. The number of hydrogen-bond acceptors (Lipinski definition) is 4. The molecule has 0 radical (unpaired) electrons. The molecule has 0 unspecified atom stereocenters. The molecule has 0 bridgehead atoms. The van der Waals surface area contributed by atoms with Gasteiger partial charge < -0.3 is 14.8 Å². The van der Waals surface area contributed by atoms with Gasteiger partial charge in [0.25, 0.3) is 0 Å². The third kappa shape index (κ3) is 2.84. The van der Waals surface area contributed by atoms with Crippen molar-refractivity contribution in [2.75, 3.05) is 26.2 Å². The van der Waals surface area contributed by atoms with E-state index in [-0.39, 0.29) is 5.56 Å². The Morgan fingerprint density at radius 3 is 3.12 bits per heavy atom. The lowest BCUT2D eigenvalue weighted by Crippen LogP contribution is -2.27. The zero-order valence-corrected chi connectivity index (χ0v) is 9.11. The van der Waals surface area contributed by atoms with Gasteiger partial charge in [0.1, 0.15) is 12.0 Å². The van der Waals surface area contributed by atoms with E-state index in [9.17, 15) is 4.79 Å². The van der Waals surface area contributed by atoms with E-state index < -0.39 is 5.97 Å². The Bertz CT molecular complexity index is 354. The molecule has 1 aromatic heterocycles. The van der Waals surface area contributed by atoms with Gasteiger partial charge in [-0.1, -0.05) is 0 Å². The summed E-state index contributed by atoms with van der Waals surface area (Å²) >= 11 is 0. The summed E-state index contributed by atoms with van der Waals surface area (Å²) < 4.78 is 5.23. The second-order valence-electron chi connectivity index (χ2n) is 3.99. The molecular formula is C11H16N2O3. The molecule has 2 N–H and O–H groups in total. The van der Waals surface area contributed by atoms with Crippen LogP contribution in [0.5, 0.6) is 0 Å². The fourth-order valence-electron chi connectivity index (χ4n) is 1.86. The van der Waals surface area contributed by atoms with Gasteiger partial charge in [-0.3, -0.25) is 4.90 Å². The number of carboxylic acids is 1. The van der Waals surface area contributed by atoms with Crippen molar-refractivity contribution in [2.24, 2.45) is 0 Å². The molecule has 1 saturated heterocycles. The van der Waals surface area contributed by atoms with Crippen LogP contribution in [0.3, 0.4) is 0 Å². The van der Waals surface area contributed by atoms with Crippen molar-refractivity contribution in [2.45, 2.75) is 13.0 Å². The third-order valence-corrected chi connectivity index (χ3v) is 2.71. The monoisotopic (exact) mass is 224 g/mol. The average molecular weight is 224 g/mol. The van der Waals surface area contributed by atoms with E-state index >= 15 is 0 Å². The minimum Gasteiger partial charge on any atom is -0.478 e. The van der Waals surface area contributed by atoms with E-state index in [4.69, 9.17) is 9.52 Å². The number of aromatic carboxylic acids is 1. The maximum Gasteiger partial charge on any atom is 0.338 e. The molecule has 2 heterocycles.